The molecule has 0 atom stereocenters. The van der Waals surface area contributed by atoms with E-state index in [2.05, 4.69) is 15.6 Å². The molecule has 2 N–H and O–H groups in total. The van der Waals surface area contributed by atoms with Gasteiger partial charge in [0.1, 0.15) is 0 Å². The minimum atomic E-state index is -3.76. The lowest BCUT2D eigenvalue weighted by Gasteiger charge is -2.21. The highest BCUT2D eigenvalue weighted by Gasteiger charge is 2.26. The Morgan fingerprint density at radius 1 is 1.09 bits per heavy atom. The molecule has 0 radical (unpaired) electrons. The summed E-state index contributed by atoms with van der Waals surface area (Å²) >= 11 is 6.02. The molecule has 1 heterocycles. The molecule has 2 aromatic carbocycles. The number of benzene rings is 2. The smallest absolute Gasteiger partial charge is 0.243 e. The predicted molar refractivity (Wildman–Crippen MR) is 129 cm³/mol. The van der Waals surface area contributed by atoms with Crippen LogP contribution in [0.25, 0.3) is 10.9 Å². The van der Waals surface area contributed by atoms with E-state index in [1.54, 1.807) is 44.3 Å². The molecule has 0 aliphatic carbocycles. The van der Waals surface area contributed by atoms with Gasteiger partial charge in [-0.2, -0.15) is 4.31 Å². The number of fused-ring (bicyclic) bond motifs is 1. The van der Waals surface area contributed by atoms with Crippen molar-refractivity contribution in [3.05, 3.63) is 64.8 Å². The Morgan fingerprint density at radius 2 is 1.88 bits per heavy atom. The number of halogens is 1. The third-order valence-corrected chi connectivity index (χ3v) is 7.40. The van der Waals surface area contributed by atoms with Crippen molar-refractivity contribution >= 4 is 44.1 Å². The van der Waals surface area contributed by atoms with Gasteiger partial charge in [0.2, 0.25) is 15.9 Å². The molecule has 1 amide bonds. The third-order valence-electron chi connectivity index (χ3n) is 5.10. The summed E-state index contributed by atoms with van der Waals surface area (Å²) in [6, 6.07) is 12.6. The quantitative estimate of drug-likeness (QED) is 0.461. The van der Waals surface area contributed by atoms with Gasteiger partial charge in [-0.05, 0) is 55.3 Å². The van der Waals surface area contributed by atoms with E-state index in [1.165, 1.54) is 4.31 Å². The summed E-state index contributed by atoms with van der Waals surface area (Å²) in [5.74, 6) is -0.353. The van der Waals surface area contributed by atoms with Gasteiger partial charge in [-0.25, -0.2) is 8.42 Å². The summed E-state index contributed by atoms with van der Waals surface area (Å²) in [6.45, 7) is 6.10. The molecule has 170 valence electrons. The Labute approximate surface area is 193 Å². The van der Waals surface area contributed by atoms with Crippen molar-refractivity contribution in [3.63, 3.8) is 0 Å². The number of nitrogens with zero attached hydrogens (tertiary/aromatic N) is 2. The molecule has 0 unspecified atom stereocenters. The van der Waals surface area contributed by atoms with Crippen molar-refractivity contribution in [3.8, 4) is 0 Å². The molecule has 0 bridgehead atoms. The van der Waals surface area contributed by atoms with Crippen molar-refractivity contribution in [2.24, 2.45) is 0 Å². The van der Waals surface area contributed by atoms with Crippen LogP contribution in [0.1, 0.15) is 18.1 Å². The number of aryl methyl sites for hydroxylation is 2. The number of hydrogen-bond donors (Lipinski definition) is 2. The van der Waals surface area contributed by atoms with Gasteiger partial charge < -0.3 is 10.6 Å². The summed E-state index contributed by atoms with van der Waals surface area (Å²) in [4.78, 5) is 17.0. The van der Waals surface area contributed by atoms with Crippen molar-refractivity contribution in [2.45, 2.75) is 25.7 Å². The van der Waals surface area contributed by atoms with Crippen LogP contribution in [0.4, 0.5) is 5.69 Å². The molecule has 0 fully saturated rings. The fraction of sp³-hybridized carbons (Fsp3) is 0.304. The molecule has 0 saturated carbocycles. The standard InChI is InChI=1S/C23H27ClN4O3S/c1-4-28(32(30,31)22-13-16(2)5-6-17(22)3)15-23(29)27-12-11-26-20-9-10-25-21-14-18(24)7-8-19(20)21/h5-10,13-14H,4,11-12,15H2,1-3H3,(H,25,26)(H,27,29). The molecule has 3 rings (SSSR count). The molecule has 1 aromatic heterocycles. The number of nitrogens with one attached hydrogen (secondary N) is 2. The topological polar surface area (TPSA) is 91.4 Å². The highest BCUT2D eigenvalue weighted by Crippen LogP contribution is 2.24. The Kier molecular flexibility index (Phi) is 7.71. The highest BCUT2D eigenvalue weighted by molar-refractivity contribution is 7.89. The normalized spacial score (nSPS) is 11.7. The Hall–Kier alpha value is -2.68. The average Bonchev–Trinajstić information content (AvgIpc) is 2.76. The molecule has 7 nitrogen and oxygen atoms in total. The first kappa shape index (κ1) is 24.0. The van der Waals surface area contributed by atoms with E-state index >= 15 is 0 Å². The van der Waals surface area contributed by atoms with Crippen LogP contribution in [0, 0.1) is 13.8 Å². The first-order chi connectivity index (χ1) is 15.2. The number of amides is 1. The lowest BCUT2D eigenvalue weighted by Crippen LogP contribution is -2.41. The number of hydrogen-bond acceptors (Lipinski definition) is 5. The van der Waals surface area contributed by atoms with Crippen molar-refractivity contribution in [2.75, 3.05) is 31.5 Å². The maximum atomic E-state index is 13.1. The van der Waals surface area contributed by atoms with Crippen LogP contribution in [0.15, 0.2) is 53.6 Å². The van der Waals surface area contributed by atoms with Crippen LogP contribution >= 0.6 is 11.6 Å². The molecule has 32 heavy (non-hydrogen) atoms. The SMILES string of the molecule is CCN(CC(=O)NCCNc1ccnc2cc(Cl)ccc12)S(=O)(=O)c1cc(C)ccc1C. The van der Waals surface area contributed by atoms with Gasteiger partial charge in [-0.1, -0.05) is 30.7 Å². The van der Waals surface area contributed by atoms with Crippen LogP contribution in [-0.4, -0.2) is 49.8 Å². The van der Waals surface area contributed by atoms with Gasteiger partial charge in [0.05, 0.1) is 17.0 Å². The summed E-state index contributed by atoms with van der Waals surface area (Å²) in [5, 5.41) is 7.60. The fourth-order valence-corrected chi connectivity index (χ4v) is 5.26. The maximum absolute atomic E-state index is 13.1. The van der Waals surface area contributed by atoms with Crippen LogP contribution in [0.3, 0.4) is 0 Å². The molecule has 0 aliphatic heterocycles. The maximum Gasteiger partial charge on any atom is 0.243 e. The minimum Gasteiger partial charge on any atom is -0.383 e. The predicted octanol–water partition coefficient (Wildman–Crippen LogP) is 3.74. The van der Waals surface area contributed by atoms with Gasteiger partial charge in [-0.3, -0.25) is 9.78 Å². The van der Waals surface area contributed by atoms with Crippen LogP contribution in [0.2, 0.25) is 5.02 Å². The summed E-state index contributed by atoms with van der Waals surface area (Å²) < 4.78 is 27.3. The second-order valence-electron chi connectivity index (χ2n) is 7.50. The number of sulfonamides is 1. The number of rotatable bonds is 9. The number of aromatic nitrogens is 1. The zero-order chi connectivity index (χ0) is 23.3. The average molecular weight is 475 g/mol. The number of pyridine rings is 1. The van der Waals surface area contributed by atoms with E-state index in [1.807, 2.05) is 25.1 Å². The molecule has 0 saturated heterocycles. The van der Waals surface area contributed by atoms with Crippen molar-refractivity contribution in [1.82, 2.24) is 14.6 Å². The van der Waals surface area contributed by atoms with Crippen LogP contribution < -0.4 is 10.6 Å². The minimum absolute atomic E-state index is 0.201. The van der Waals surface area contributed by atoms with Gasteiger partial charge in [0, 0.05) is 41.9 Å². The van der Waals surface area contributed by atoms with Crippen LogP contribution in [0.5, 0.6) is 0 Å². The van der Waals surface area contributed by atoms with E-state index in [0.717, 1.165) is 22.2 Å². The summed E-state index contributed by atoms with van der Waals surface area (Å²) in [6.07, 6.45) is 1.69. The molecular weight excluding hydrogens is 448 g/mol. The van der Waals surface area contributed by atoms with Crippen LogP contribution in [-0.2, 0) is 14.8 Å². The van der Waals surface area contributed by atoms with E-state index in [0.29, 0.717) is 23.7 Å². The molecular formula is C23H27ClN4O3S. The molecule has 0 spiro atoms. The van der Waals surface area contributed by atoms with Gasteiger partial charge in [0.15, 0.2) is 0 Å². The second-order valence-corrected chi connectivity index (χ2v) is 9.84. The number of likely N-dealkylation sites (N-methyl/N-ethyl adjacent to an activating group) is 1. The van der Waals surface area contributed by atoms with E-state index in [4.69, 9.17) is 11.6 Å². The lowest BCUT2D eigenvalue weighted by atomic mass is 10.2. The van der Waals surface area contributed by atoms with Gasteiger partial charge >= 0.3 is 0 Å². The number of carbonyl (C=O) groups is 1. The summed E-state index contributed by atoms with van der Waals surface area (Å²) in [7, 11) is -3.76. The molecule has 0 aliphatic rings. The van der Waals surface area contributed by atoms with Crippen molar-refractivity contribution < 1.29 is 13.2 Å². The zero-order valence-corrected chi connectivity index (χ0v) is 19.9. The monoisotopic (exact) mass is 474 g/mol. The third kappa shape index (κ3) is 5.56. The second kappa shape index (κ2) is 10.3. The highest BCUT2D eigenvalue weighted by atomic mass is 35.5. The Morgan fingerprint density at radius 3 is 2.62 bits per heavy atom. The lowest BCUT2D eigenvalue weighted by molar-refractivity contribution is -0.121. The zero-order valence-electron chi connectivity index (χ0n) is 18.4. The molecule has 9 heteroatoms. The van der Waals surface area contributed by atoms with E-state index in [-0.39, 0.29) is 23.9 Å². The number of carbonyl (C=O) groups excluding carboxylic acids is 1. The summed E-state index contributed by atoms with van der Waals surface area (Å²) in [5.41, 5.74) is 3.17. The molecule has 3 aromatic rings. The Bertz CT molecular complexity index is 1230. The van der Waals surface area contributed by atoms with Gasteiger partial charge in [-0.15, -0.1) is 0 Å². The fourth-order valence-electron chi connectivity index (χ4n) is 3.38. The first-order valence-corrected chi connectivity index (χ1v) is 12.2. The van der Waals surface area contributed by atoms with E-state index < -0.39 is 10.0 Å². The van der Waals surface area contributed by atoms with Gasteiger partial charge in [0.25, 0.3) is 0 Å². The number of anilines is 1. The first-order valence-electron chi connectivity index (χ1n) is 10.3. The van der Waals surface area contributed by atoms with Crippen molar-refractivity contribution in [1.29, 1.82) is 0 Å². The Balaban J connectivity index is 1.58. The largest absolute Gasteiger partial charge is 0.383 e. The van der Waals surface area contributed by atoms with E-state index in [9.17, 15) is 13.2 Å².